The van der Waals surface area contributed by atoms with E-state index >= 15 is 0 Å². The normalized spacial score (nSPS) is 13.7. The van der Waals surface area contributed by atoms with Crippen molar-refractivity contribution in [1.29, 1.82) is 10.5 Å². The van der Waals surface area contributed by atoms with Gasteiger partial charge in [-0.2, -0.15) is 10.5 Å². The summed E-state index contributed by atoms with van der Waals surface area (Å²) in [4.78, 5) is 0. The van der Waals surface area contributed by atoms with E-state index in [4.69, 9.17) is 15.3 Å². The molecule has 26 heavy (non-hydrogen) atoms. The molecule has 1 heterocycles. The van der Waals surface area contributed by atoms with Gasteiger partial charge in [0, 0.05) is 0 Å². The first kappa shape index (κ1) is 19.3. The second-order valence-corrected chi connectivity index (χ2v) is 5.56. The standard InChI is InChI=1S/C12H13FN2O.C7H3F2N/c13-11-7-9(8-14)1-2-12(11)16-10-3-5-15-6-4-10;8-6-2-1-5(4-10)3-7(6)9/h1-2,7,10,15H,3-6H2;1-3H. The molecule has 2 aromatic carbocycles. The van der Waals surface area contributed by atoms with Crippen LogP contribution in [0.25, 0.3) is 0 Å². The van der Waals surface area contributed by atoms with E-state index in [0.29, 0.717) is 5.56 Å². The van der Waals surface area contributed by atoms with Crippen LogP contribution in [-0.4, -0.2) is 19.2 Å². The molecule has 0 amide bonds. The quantitative estimate of drug-likeness (QED) is 0.888. The van der Waals surface area contributed by atoms with Gasteiger partial charge >= 0.3 is 0 Å². The molecular weight excluding hydrogens is 343 g/mol. The fourth-order valence-electron chi connectivity index (χ4n) is 2.32. The summed E-state index contributed by atoms with van der Waals surface area (Å²) in [5, 5.41) is 20.0. The van der Waals surface area contributed by atoms with E-state index in [0.717, 1.165) is 38.1 Å². The van der Waals surface area contributed by atoms with E-state index in [2.05, 4.69) is 5.32 Å². The molecule has 134 valence electrons. The summed E-state index contributed by atoms with van der Waals surface area (Å²) < 4.78 is 43.5. The summed E-state index contributed by atoms with van der Waals surface area (Å²) in [5.41, 5.74) is 0.439. The van der Waals surface area contributed by atoms with Gasteiger partial charge in [0.2, 0.25) is 0 Å². The molecule has 0 spiro atoms. The molecule has 0 bridgehead atoms. The molecule has 0 saturated carbocycles. The molecule has 2 aromatic rings. The van der Waals surface area contributed by atoms with E-state index in [-0.39, 0.29) is 17.4 Å². The SMILES string of the molecule is N#Cc1ccc(F)c(F)c1.N#Cc1ccc(OC2CCNCC2)c(F)c1. The van der Waals surface area contributed by atoms with E-state index in [1.54, 1.807) is 12.1 Å². The predicted octanol–water partition coefficient (Wildman–Crippen LogP) is 3.66. The van der Waals surface area contributed by atoms with Crippen molar-refractivity contribution in [1.82, 2.24) is 5.32 Å². The van der Waals surface area contributed by atoms with Crippen molar-refractivity contribution in [2.45, 2.75) is 18.9 Å². The lowest BCUT2D eigenvalue weighted by Gasteiger charge is -2.23. The number of ether oxygens (including phenoxy) is 1. The van der Waals surface area contributed by atoms with Crippen LogP contribution in [-0.2, 0) is 0 Å². The van der Waals surface area contributed by atoms with Gasteiger partial charge in [0.15, 0.2) is 23.2 Å². The topological polar surface area (TPSA) is 68.8 Å². The van der Waals surface area contributed by atoms with E-state index in [1.807, 2.05) is 6.07 Å². The zero-order chi connectivity index (χ0) is 18.9. The fraction of sp³-hybridized carbons (Fsp3) is 0.263. The van der Waals surface area contributed by atoms with Crippen LogP contribution in [0.4, 0.5) is 13.2 Å². The number of nitrogens with zero attached hydrogens (tertiary/aromatic N) is 2. The second kappa shape index (κ2) is 9.45. The Labute approximate surface area is 149 Å². The van der Waals surface area contributed by atoms with Gasteiger partial charge in [-0.3, -0.25) is 0 Å². The molecule has 4 nitrogen and oxygen atoms in total. The zero-order valence-corrected chi connectivity index (χ0v) is 13.8. The molecule has 1 fully saturated rings. The van der Waals surface area contributed by atoms with Crippen LogP contribution in [0.3, 0.4) is 0 Å². The van der Waals surface area contributed by atoms with Gasteiger partial charge in [0.05, 0.1) is 23.3 Å². The van der Waals surface area contributed by atoms with Crippen LogP contribution in [0.5, 0.6) is 5.75 Å². The van der Waals surface area contributed by atoms with Gasteiger partial charge in [-0.15, -0.1) is 0 Å². The molecular formula is C19H16F3N3O. The van der Waals surface area contributed by atoms with Gasteiger partial charge in [0.1, 0.15) is 6.10 Å². The summed E-state index contributed by atoms with van der Waals surface area (Å²) >= 11 is 0. The van der Waals surface area contributed by atoms with E-state index in [1.165, 1.54) is 18.2 Å². The van der Waals surface area contributed by atoms with Crippen LogP contribution in [0.2, 0.25) is 0 Å². The van der Waals surface area contributed by atoms with Crippen LogP contribution in [0.15, 0.2) is 36.4 Å². The van der Waals surface area contributed by atoms with Gasteiger partial charge in [0.25, 0.3) is 0 Å². The Balaban J connectivity index is 0.000000209. The van der Waals surface area contributed by atoms with Crippen molar-refractivity contribution in [2.24, 2.45) is 0 Å². The Morgan fingerprint density at radius 2 is 1.42 bits per heavy atom. The van der Waals surface area contributed by atoms with Crippen LogP contribution in [0, 0.1) is 40.1 Å². The van der Waals surface area contributed by atoms with Crippen molar-refractivity contribution < 1.29 is 17.9 Å². The highest BCUT2D eigenvalue weighted by Crippen LogP contribution is 2.21. The summed E-state index contributed by atoms with van der Waals surface area (Å²) in [6.45, 7) is 1.81. The Morgan fingerprint density at radius 3 is 1.96 bits per heavy atom. The Hall–Kier alpha value is -3.03. The summed E-state index contributed by atoms with van der Waals surface area (Å²) in [6.07, 6.45) is 1.85. The number of hydrogen-bond donors (Lipinski definition) is 1. The molecule has 7 heteroatoms. The monoisotopic (exact) mass is 359 g/mol. The van der Waals surface area contributed by atoms with Gasteiger partial charge in [-0.25, -0.2) is 13.2 Å². The predicted molar refractivity (Wildman–Crippen MR) is 88.7 cm³/mol. The van der Waals surface area contributed by atoms with Crippen LogP contribution in [0.1, 0.15) is 24.0 Å². The fourth-order valence-corrected chi connectivity index (χ4v) is 2.32. The maximum Gasteiger partial charge on any atom is 0.166 e. The number of hydrogen-bond acceptors (Lipinski definition) is 4. The van der Waals surface area contributed by atoms with Crippen LogP contribution < -0.4 is 10.1 Å². The highest BCUT2D eigenvalue weighted by molar-refractivity contribution is 5.36. The van der Waals surface area contributed by atoms with Gasteiger partial charge in [-0.1, -0.05) is 0 Å². The molecule has 1 N–H and O–H groups in total. The third-order valence-corrected chi connectivity index (χ3v) is 3.69. The lowest BCUT2D eigenvalue weighted by molar-refractivity contribution is 0.156. The Morgan fingerprint density at radius 1 is 0.846 bits per heavy atom. The number of nitrogens with one attached hydrogen (secondary N) is 1. The molecule has 3 rings (SSSR count). The number of nitriles is 2. The molecule has 1 saturated heterocycles. The van der Waals surface area contributed by atoms with Gasteiger partial charge < -0.3 is 10.1 Å². The van der Waals surface area contributed by atoms with Crippen molar-refractivity contribution in [2.75, 3.05) is 13.1 Å². The minimum Gasteiger partial charge on any atom is -0.487 e. The third-order valence-electron chi connectivity index (χ3n) is 3.69. The average Bonchev–Trinajstić information content (AvgIpc) is 2.67. The minimum atomic E-state index is -0.987. The van der Waals surface area contributed by atoms with Crippen molar-refractivity contribution in [3.8, 4) is 17.9 Å². The maximum atomic E-state index is 13.5. The molecule has 1 aliphatic rings. The number of halogens is 3. The molecule has 0 atom stereocenters. The first-order valence-corrected chi connectivity index (χ1v) is 7.95. The summed E-state index contributed by atoms with van der Waals surface area (Å²) in [6, 6.07) is 10.9. The third kappa shape index (κ3) is 5.51. The number of benzene rings is 2. The highest BCUT2D eigenvalue weighted by atomic mass is 19.2. The Bertz CT molecular complexity index is 837. The van der Waals surface area contributed by atoms with E-state index in [9.17, 15) is 13.2 Å². The lowest BCUT2D eigenvalue weighted by Crippen LogP contribution is -2.34. The largest absolute Gasteiger partial charge is 0.487 e. The minimum absolute atomic E-state index is 0.0729. The smallest absolute Gasteiger partial charge is 0.166 e. The molecule has 0 aromatic heterocycles. The summed E-state index contributed by atoms with van der Waals surface area (Å²) in [5.74, 6) is -2.14. The second-order valence-electron chi connectivity index (χ2n) is 5.56. The van der Waals surface area contributed by atoms with Gasteiger partial charge in [-0.05, 0) is 62.3 Å². The number of piperidine rings is 1. The van der Waals surface area contributed by atoms with Crippen LogP contribution >= 0.6 is 0 Å². The average molecular weight is 359 g/mol. The first-order valence-electron chi connectivity index (χ1n) is 7.95. The first-order chi connectivity index (χ1) is 12.5. The van der Waals surface area contributed by atoms with Crippen molar-refractivity contribution >= 4 is 0 Å². The van der Waals surface area contributed by atoms with E-state index < -0.39 is 17.5 Å². The maximum absolute atomic E-state index is 13.5. The van der Waals surface area contributed by atoms with Crippen molar-refractivity contribution in [3.63, 3.8) is 0 Å². The Kier molecular flexibility index (Phi) is 7.02. The molecule has 0 aliphatic carbocycles. The lowest BCUT2D eigenvalue weighted by atomic mass is 10.1. The van der Waals surface area contributed by atoms with Crippen molar-refractivity contribution in [3.05, 3.63) is 65.0 Å². The number of rotatable bonds is 2. The summed E-state index contributed by atoms with van der Waals surface area (Å²) in [7, 11) is 0. The highest BCUT2D eigenvalue weighted by Gasteiger charge is 2.16. The molecule has 0 unspecified atom stereocenters. The molecule has 0 radical (unpaired) electrons. The molecule has 1 aliphatic heterocycles. The zero-order valence-electron chi connectivity index (χ0n) is 13.8.